The zero-order chi connectivity index (χ0) is 15.9. The number of fused-ring (bicyclic) bond motifs is 1. The van der Waals surface area contributed by atoms with Crippen LogP contribution in [0.2, 0.25) is 0 Å². The Kier molecular flexibility index (Phi) is 3.92. The van der Waals surface area contributed by atoms with Crippen LogP contribution in [0.5, 0.6) is 0 Å². The summed E-state index contributed by atoms with van der Waals surface area (Å²) in [7, 11) is 0. The number of aryl methyl sites for hydroxylation is 1. The average Bonchev–Trinajstić information content (AvgIpc) is 3.03. The number of nitrogens with two attached hydrogens (primary N) is 3. The van der Waals surface area contributed by atoms with Crippen molar-refractivity contribution in [2.24, 2.45) is 11.5 Å². The van der Waals surface area contributed by atoms with E-state index in [-0.39, 0.29) is 6.17 Å². The van der Waals surface area contributed by atoms with Crippen LogP contribution in [0.3, 0.4) is 0 Å². The summed E-state index contributed by atoms with van der Waals surface area (Å²) in [4.78, 5) is 19.5. The van der Waals surface area contributed by atoms with Gasteiger partial charge in [0.1, 0.15) is 15.5 Å². The number of hydrogen-bond acceptors (Lipinski definition) is 6. The van der Waals surface area contributed by atoms with Crippen molar-refractivity contribution >= 4 is 39.0 Å². The molecule has 22 heavy (non-hydrogen) atoms. The molecule has 1 atom stereocenters. The Balaban J connectivity index is 2.18. The molecule has 1 aliphatic rings. The van der Waals surface area contributed by atoms with Gasteiger partial charge in [-0.05, 0) is 30.9 Å². The molecule has 3 rings (SSSR count). The van der Waals surface area contributed by atoms with Crippen LogP contribution < -0.4 is 22.1 Å². The number of pyridine rings is 1. The highest BCUT2D eigenvalue weighted by molar-refractivity contribution is 7.21. The fourth-order valence-corrected chi connectivity index (χ4v) is 4.05. The van der Waals surface area contributed by atoms with Crippen LogP contribution in [0.4, 0.5) is 11.5 Å². The van der Waals surface area contributed by atoms with E-state index in [2.05, 4.69) is 17.9 Å². The first-order chi connectivity index (χ1) is 10.5. The van der Waals surface area contributed by atoms with E-state index in [1.807, 2.05) is 0 Å². The van der Waals surface area contributed by atoms with E-state index >= 15 is 0 Å². The number of carbonyl (C=O) groups is 1. The molecule has 6 nitrogen and oxygen atoms in total. The van der Waals surface area contributed by atoms with E-state index in [0.717, 1.165) is 53.8 Å². The number of thiophene rings is 1. The summed E-state index contributed by atoms with van der Waals surface area (Å²) >= 11 is 1.27. The Labute approximate surface area is 133 Å². The number of rotatable bonds is 4. The number of nitrogens with zero attached hydrogens (tertiary/aromatic N) is 2. The van der Waals surface area contributed by atoms with Crippen LogP contribution in [0.25, 0.3) is 10.2 Å². The van der Waals surface area contributed by atoms with Gasteiger partial charge in [-0.2, -0.15) is 0 Å². The quantitative estimate of drug-likeness (QED) is 0.796. The third kappa shape index (κ3) is 2.40. The van der Waals surface area contributed by atoms with E-state index in [0.29, 0.717) is 10.6 Å². The molecule has 0 saturated carbocycles. The minimum absolute atomic E-state index is 0.00680. The molecular weight excluding hydrogens is 298 g/mol. The summed E-state index contributed by atoms with van der Waals surface area (Å²) in [5, 5.41) is 0.872. The molecule has 2 aromatic heterocycles. The second-order valence-electron chi connectivity index (χ2n) is 5.68. The van der Waals surface area contributed by atoms with Crippen molar-refractivity contribution in [3.05, 3.63) is 16.5 Å². The molecule has 6 N–H and O–H groups in total. The molecule has 7 heteroatoms. The summed E-state index contributed by atoms with van der Waals surface area (Å²) in [5.41, 5.74) is 19.3. The van der Waals surface area contributed by atoms with Gasteiger partial charge in [-0.1, -0.05) is 13.3 Å². The molecule has 118 valence electrons. The number of nitrogen functional groups attached to an aromatic ring is 1. The van der Waals surface area contributed by atoms with Crippen molar-refractivity contribution < 1.29 is 4.79 Å². The number of primary amides is 1. The van der Waals surface area contributed by atoms with E-state index in [9.17, 15) is 4.79 Å². The zero-order valence-electron chi connectivity index (χ0n) is 12.6. The van der Waals surface area contributed by atoms with Crippen molar-refractivity contribution in [1.29, 1.82) is 0 Å². The Morgan fingerprint density at radius 3 is 2.91 bits per heavy atom. The van der Waals surface area contributed by atoms with Gasteiger partial charge in [-0.25, -0.2) is 4.98 Å². The molecule has 1 saturated heterocycles. The van der Waals surface area contributed by atoms with Crippen molar-refractivity contribution in [3.8, 4) is 0 Å². The lowest BCUT2D eigenvalue weighted by Crippen LogP contribution is -2.37. The molecule has 3 heterocycles. The van der Waals surface area contributed by atoms with Crippen molar-refractivity contribution in [1.82, 2.24) is 4.98 Å². The van der Waals surface area contributed by atoms with E-state index in [1.165, 1.54) is 11.3 Å². The first-order valence-corrected chi connectivity index (χ1v) is 8.38. The predicted molar refractivity (Wildman–Crippen MR) is 91.1 cm³/mol. The van der Waals surface area contributed by atoms with Gasteiger partial charge in [0.05, 0.1) is 11.9 Å². The summed E-state index contributed by atoms with van der Waals surface area (Å²) < 4.78 is 0. The summed E-state index contributed by atoms with van der Waals surface area (Å²) in [6, 6.07) is 2.06. The standard InChI is InChI=1S/C15H21N5OS/c1-2-4-8-7-10(20-6-3-5-9(20)16)19-15-11(8)12(17)13(22-15)14(18)21/h7,9H,2-6,16-17H2,1H3,(H2,18,21). The van der Waals surface area contributed by atoms with Gasteiger partial charge in [0.15, 0.2) is 0 Å². The van der Waals surface area contributed by atoms with Gasteiger partial charge in [0, 0.05) is 11.9 Å². The minimum atomic E-state index is -0.498. The number of anilines is 2. The third-order valence-electron chi connectivity index (χ3n) is 4.10. The maximum Gasteiger partial charge on any atom is 0.260 e. The lowest BCUT2D eigenvalue weighted by atomic mass is 10.1. The summed E-state index contributed by atoms with van der Waals surface area (Å²) in [6.07, 6.45) is 3.93. The van der Waals surface area contributed by atoms with Crippen molar-refractivity contribution in [2.45, 2.75) is 38.8 Å². The Morgan fingerprint density at radius 2 is 2.32 bits per heavy atom. The molecular formula is C15H21N5OS. The monoisotopic (exact) mass is 319 g/mol. The lowest BCUT2D eigenvalue weighted by molar-refractivity contribution is 0.100. The summed E-state index contributed by atoms with van der Waals surface area (Å²) in [5.74, 6) is 0.376. The normalized spacial score (nSPS) is 18.3. The molecule has 1 unspecified atom stereocenters. The van der Waals surface area contributed by atoms with Crippen LogP contribution >= 0.6 is 11.3 Å². The molecule has 0 aliphatic carbocycles. The molecule has 1 aliphatic heterocycles. The van der Waals surface area contributed by atoms with Crippen LogP contribution in [0, 0.1) is 0 Å². The molecule has 1 fully saturated rings. The number of amides is 1. The van der Waals surface area contributed by atoms with Gasteiger partial charge in [-0.3, -0.25) is 4.79 Å². The SMILES string of the molecule is CCCc1cc(N2CCCC2N)nc2sc(C(N)=O)c(N)c12. The highest BCUT2D eigenvalue weighted by Crippen LogP contribution is 2.37. The van der Waals surface area contributed by atoms with Gasteiger partial charge in [0.2, 0.25) is 0 Å². The second-order valence-corrected chi connectivity index (χ2v) is 6.68. The third-order valence-corrected chi connectivity index (χ3v) is 5.22. The molecule has 0 spiro atoms. The van der Waals surface area contributed by atoms with Gasteiger partial charge in [-0.15, -0.1) is 11.3 Å². The first-order valence-electron chi connectivity index (χ1n) is 7.56. The van der Waals surface area contributed by atoms with E-state index in [1.54, 1.807) is 0 Å². The maximum atomic E-state index is 11.5. The zero-order valence-corrected chi connectivity index (χ0v) is 13.4. The van der Waals surface area contributed by atoms with E-state index in [4.69, 9.17) is 22.2 Å². The van der Waals surface area contributed by atoms with Crippen molar-refractivity contribution in [2.75, 3.05) is 17.2 Å². The first kappa shape index (κ1) is 15.1. The Bertz CT molecular complexity index is 726. The minimum Gasteiger partial charge on any atom is -0.397 e. The number of hydrogen-bond donors (Lipinski definition) is 3. The molecule has 0 aromatic carbocycles. The summed E-state index contributed by atoms with van der Waals surface area (Å²) in [6.45, 7) is 3.03. The largest absolute Gasteiger partial charge is 0.397 e. The fourth-order valence-electron chi connectivity index (χ4n) is 3.06. The number of aromatic nitrogens is 1. The second kappa shape index (κ2) is 5.73. The van der Waals surface area contributed by atoms with Gasteiger partial charge in [0.25, 0.3) is 5.91 Å². The molecule has 0 bridgehead atoms. The van der Waals surface area contributed by atoms with Crippen LogP contribution in [0.15, 0.2) is 6.07 Å². The average molecular weight is 319 g/mol. The topological polar surface area (TPSA) is 111 Å². The Hall–Kier alpha value is -1.86. The maximum absolute atomic E-state index is 11.5. The van der Waals surface area contributed by atoms with Crippen LogP contribution in [-0.4, -0.2) is 23.6 Å². The highest BCUT2D eigenvalue weighted by atomic mass is 32.1. The highest BCUT2D eigenvalue weighted by Gasteiger charge is 2.25. The molecule has 1 amide bonds. The van der Waals surface area contributed by atoms with Gasteiger partial charge >= 0.3 is 0 Å². The van der Waals surface area contributed by atoms with E-state index < -0.39 is 5.91 Å². The van der Waals surface area contributed by atoms with Crippen LogP contribution in [0.1, 0.15) is 41.4 Å². The predicted octanol–water partition coefficient (Wildman–Crippen LogP) is 1.81. The smallest absolute Gasteiger partial charge is 0.260 e. The van der Waals surface area contributed by atoms with Crippen molar-refractivity contribution in [3.63, 3.8) is 0 Å². The molecule has 0 radical (unpaired) electrons. The van der Waals surface area contributed by atoms with Gasteiger partial charge < -0.3 is 22.1 Å². The lowest BCUT2D eigenvalue weighted by Gasteiger charge is -2.23. The fraction of sp³-hybridized carbons (Fsp3) is 0.467. The molecule has 2 aromatic rings. The van der Waals surface area contributed by atoms with Crippen LogP contribution in [-0.2, 0) is 6.42 Å². The Morgan fingerprint density at radius 1 is 1.55 bits per heavy atom. The number of carbonyl (C=O) groups excluding carboxylic acids is 1.